The minimum absolute atomic E-state index is 0.169. The summed E-state index contributed by atoms with van der Waals surface area (Å²) in [7, 11) is 1.51. The third kappa shape index (κ3) is 3.92. The molecule has 0 unspecified atom stereocenters. The van der Waals surface area contributed by atoms with Gasteiger partial charge in [0.2, 0.25) is 5.91 Å². The first-order chi connectivity index (χ1) is 13.5. The number of carboxylic acid groups (broad SMARTS) is 1. The summed E-state index contributed by atoms with van der Waals surface area (Å²) in [6.07, 6.45) is 1.16. The number of amides is 1. The van der Waals surface area contributed by atoms with Crippen molar-refractivity contribution in [2.75, 3.05) is 7.11 Å². The molecule has 2 aromatic rings. The summed E-state index contributed by atoms with van der Waals surface area (Å²) < 4.78 is 17.2. The van der Waals surface area contributed by atoms with Crippen molar-refractivity contribution in [3.63, 3.8) is 0 Å². The number of benzene rings is 1. The van der Waals surface area contributed by atoms with Crippen LogP contribution in [-0.2, 0) is 22.4 Å². The first-order valence-electron chi connectivity index (χ1n) is 9.41. The predicted molar refractivity (Wildman–Crippen MR) is 106 cm³/mol. The summed E-state index contributed by atoms with van der Waals surface area (Å²) in [5.41, 5.74) is 0.978. The topological polar surface area (TPSA) is 115 Å². The van der Waals surface area contributed by atoms with E-state index >= 15 is 0 Å². The molecule has 1 atom stereocenters. The number of hydrogen-bond acceptors (Lipinski definition) is 6. The normalized spacial score (nSPS) is 15.9. The SMILES string of the molecule is COc1cc2c(c3oc(=O)c(CC(=O)N[C@@H](C)C(=O)O)c(C)c13)CCC(C)(C)O2. The van der Waals surface area contributed by atoms with Crippen LogP contribution in [0.4, 0.5) is 0 Å². The quantitative estimate of drug-likeness (QED) is 0.736. The standard InChI is InChI=1S/C21H25NO7/c1-10-13(8-16(23)22-11(2)19(24)25)20(26)28-18-12-6-7-21(3,4)29-14(12)9-15(27-5)17(10)18/h9,11H,6-8H2,1-5H3,(H,22,23)(H,24,25)/t11-/m0/s1. The van der Waals surface area contributed by atoms with E-state index in [1.807, 2.05) is 13.8 Å². The number of carboxylic acids is 1. The molecule has 0 aliphatic carbocycles. The lowest BCUT2D eigenvalue weighted by Crippen LogP contribution is -2.39. The van der Waals surface area contributed by atoms with Crippen molar-refractivity contribution in [1.82, 2.24) is 5.32 Å². The molecule has 0 spiro atoms. The fraction of sp³-hybridized carbons (Fsp3) is 0.476. The predicted octanol–water partition coefficient (Wildman–Crippen LogP) is 2.35. The van der Waals surface area contributed by atoms with Crippen LogP contribution in [0.2, 0.25) is 0 Å². The van der Waals surface area contributed by atoms with Gasteiger partial charge < -0.3 is 24.3 Å². The molecule has 1 aromatic carbocycles. The summed E-state index contributed by atoms with van der Waals surface area (Å²) >= 11 is 0. The number of ether oxygens (including phenoxy) is 2. The second-order valence-electron chi connectivity index (χ2n) is 7.92. The third-order valence-corrected chi connectivity index (χ3v) is 5.24. The number of carbonyl (C=O) groups excluding carboxylic acids is 1. The summed E-state index contributed by atoms with van der Waals surface area (Å²) in [4.78, 5) is 35.8. The van der Waals surface area contributed by atoms with Gasteiger partial charge in [0.15, 0.2) is 0 Å². The Morgan fingerprint density at radius 2 is 2.07 bits per heavy atom. The van der Waals surface area contributed by atoms with Crippen molar-refractivity contribution in [2.45, 2.75) is 58.6 Å². The molecule has 8 nitrogen and oxygen atoms in total. The van der Waals surface area contributed by atoms with Crippen LogP contribution >= 0.6 is 0 Å². The Hall–Kier alpha value is -3.03. The Balaban J connectivity index is 2.10. The number of fused-ring (bicyclic) bond motifs is 3. The molecule has 8 heteroatoms. The van der Waals surface area contributed by atoms with Crippen molar-refractivity contribution >= 4 is 22.8 Å². The highest BCUT2D eigenvalue weighted by molar-refractivity contribution is 5.93. The number of methoxy groups -OCH3 is 1. The van der Waals surface area contributed by atoms with E-state index < -0.39 is 23.5 Å². The molecule has 1 aliphatic rings. The van der Waals surface area contributed by atoms with Crippen LogP contribution in [0, 0.1) is 6.92 Å². The molecule has 0 fully saturated rings. The van der Waals surface area contributed by atoms with Crippen molar-refractivity contribution in [1.29, 1.82) is 0 Å². The molecule has 0 bridgehead atoms. The van der Waals surface area contributed by atoms with Crippen LogP contribution in [0.25, 0.3) is 11.0 Å². The Kier molecular flexibility index (Phi) is 5.30. The highest BCUT2D eigenvalue weighted by Gasteiger charge is 2.31. The number of carbonyl (C=O) groups is 2. The van der Waals surface area contributed by atoms with Gasteiger partial charge in [-0.25, -0.2) is 4.79 Å². The zero-order chi connectivity index (χ0) is 21.5. The lowest BCUT2D eigenvalue weighted by Gasteiger charge is -2.33. The maximum Gasteiger partial charge on any atom is 0.340 e. The van der Waals surface area contributed by atoms with Gasteiger partial charge in [0.25, 0.3) is 0 Å². The molecule has 2 N–H and O–H groups in total. The van der Waals surface area contributed by atoms with Gasteiger partial charge in [0.1, 0.15) is 28.7 Å². The molecule has 1 aliphatic heterocycles. The molecular formula is C21H25NO7. The van der Waals surface area contributed by atoms with E-state index in [4.69, 9.17) is 19.0 Å². The largest absolute Gasteiger partial charge is 0.496 e. The third-order valence-electron chi connectivity index (χ3n) is 5.24. The minimum Gasteiger partial charge on any atom is -0.496 e. The van der Waals surface area contributed by atoms with E-state index in [9.17, 15) is 14.4 Å². The number of hydrogen-bond donors (Lipinski definition) is 2. The monoisotopic (exact) mass is 403 g/mol. The number of aliphatic carboxylic acids is 1. The van der Waals surface area contributed by atoms with Gasteiger partial charge in [0.05, 0.1) is 24.5 Å². The molecule has 0 saturated carbocycles. The lowest BCUT2D eigenvalue weighted by molar-refractivity contribution is -0.141. The van der Waals surface area contributed by atoms with E-state index in [0.717, 1.165) is 12.0 Å². The van der Waals surface area contributed by atoms with Crippen molar-refractivity contribution in [2.24, 2.45) is 0 Å². The Morgan fingerprint density at radius 1 is 1.38 bits per heavy atom. The fourth-order valence-corrected chi connectivity index (χ4v) is 3.56. The van der Waals surface area contributed by atoms with Gasteiger partial charge in [-0.2, -0.15) is 0 Å². The summed E-state index contributed by atoms with van der Waals surface area (Å²) in [5.74, 6) is -0.624. The van der Waals surface area contributed by atoms with Gasteiger partial charge in [-0.05, 0) is 46.1 Å². The van der Waals surface area contributed by atoms with Crippen molar-refractivity contribution < 1.29 is 28.6 Å². The Morgan fingerprint density at radius 3 is 2.69 bits per heavy atom. The summed E-state index contributed by atoms with van der Waals surface area (Å²) in [5, 5.41) is 11.9. The highest BCUT2D eigenvalue weighted by atomic mass is 16.5. The van der Waals surface area contributed by atoms with Crippen molar-refractivity contribution in [3.8, 4) is 11.5 Å². The maximum atomic E-state index is 12.7. The van der Waals surface area contributed by atoms with Crippen LogP contribution in [0.1, 0.15) is 43.9 Å². The Labute approximate surface area is 167 Å². The van der Waals surface area contributed by atoms with E-state index in [1.165, 1.54) is 14.0 Å². The molecule has 29 heavy (non-hydrogen) atoms. The molecule has 1 amide bonds. The van der Waals surface area contributed by atoms with Crippen LogP contribution in [0.5, 0.6) is 11.5 Å². The Bertz CT molecular complexity index is 1050. The summed E-state index contributed by atoms with van der Waals surface area (Å²) in [6.45, 7) is 7.07. The van der Waals surface area contributed by atoms with Crippen molar-refractivity contribution in [3.05, 3.63) is 33.2 Å². The maximum absolute atomic E-state index is 12.7. The van der Waals surface area contributed by atoms with Gasteiger partial charge in [-0.3, -0.25) is 9.59 Å². The lowest BCUT2D eigenvalue weighted by atomic mass is 9.91. The van der Waals surface area contributed by atoms with Gasteiger partial charge in [0, 0.05) is 11.6 Å². The second-order valence-corrected chi connectivity index (χ2v) is 7.92. The minimum atomic E-state index is -1.16. The van der Waals surface area contributed by atoms with Crippen LogP contribution in [-0.4, -0.2) is 35.7 Å². The molecular weight excluding hydrogens is 378 g/mol. The van der Waals surface area contributed by atoms with E-state index in [2.05, 4.69) is 5.32 Å². The average molecular weight is 403 g/mol. The van der Waals surface area contributed by atoms with Crippen LogP contribution < -0.4 is 20.4 Å². The number of nitrogens with one attached hydrogen (secondary N) is 1. The van der Waals surface area contributed by atoms with E-state index in [0.29, 0.717) is 34.5 Å². The average Bonchev–Trinajstić information content (AvgIpc) is 2.62. The molecule has 156 valence electrons. The second kappa shape index (κ2) is 7.42. The van der Waals surface area contributed by atoms with Crippen LogP contribution in [0.3, 0.4) is 0 Å². The van der Waals surface area contributed by atoms with Crippen LogP contribution in [0.15, 0.2) is 15.3 Å². The van der Waals surface area contributed by atoms with E-state index in [-0.39, 0.29) is 17.6 Å². The molecule has 3 rings (SSSR count). The molecule has 2 heterocycles. The first-order valence-corrected chi connectivity index (χ1v) is 9.41. The molecule has 0 radical (unpaired) electrons. The van der Waals surface area contributed by atoms with E-state index in [1.54, 1.807) is 13.0 Å². The fourth-order valence-electron chi connectivity index (χ4n) is 3.56. The number of rotatable bonds is 5. The summed E-state index contributed by atoms with van der Waals surface area (Å²) in [6, 6.07) is 0.722. The van der Waals surface area contributed by atoms with Gasteiger partial charge >= 0.3 is 11.6 Å². The number of aryl methyl sites for hydroxylation is 2. The molecule has 0 saturated heterocycles. The van der Waals surface area contributed by atoms with Gasteiger partial charge in [-0.15, -0.1) is 0 Å². The zero-order valence-electron chi connectivity index (χ0n) is 17.2. The van der Waals surface area contributed by atoms with Gasteiger partial charge in [-0.1, -0.05) is 0 Å². The zero-order valence-corrected chi connectivity index (χ0v) is 17.2. The molecule has 1 aromatic heterocycles. The first kappa shape index (κ1) is 20.7. The highest BCUT2D eigenvalue weighted by Crippen LogP contribution is 2.43. The smallest absolute Gasteiger partial charge is 0.340 e.